The van der Waals surface area contributed by atoms with E-state index in [0.29, 0.717) is 6.07 Å². The fraction of sp³-hybridized carbons (Fsp3) is 0.273. The fourth-order valence-corrected chi connectivity index (χ4v) is 2.18. The molecule has 1 aliphatic heterocycles. The van der Waals surface area contributed by atoms with E-state index >= 15 is 0 Å². The van der Waals surface area contributed by atoms with Crippen molar-refractivity contribution < 1.29 is 23.5 Å². The molecule has 1 N–H and O–H groups in total. The molecule has 0 spiro atoms. The first-order valence-corrected chi connectivity index (χ1v) is 5.45. The van der Waals surface area contributed by atoms with Crippen LogP contribution in [0.2, 0.25) is 5.02 Å². The van der Waals surface area contributed by atoms with Crippen LogP contribution < -0.4 is 4.90 Å². The van der Waals surface area contributed by atoms with Gasteiger partial charge in [0.05, 0.1) is 16.6 Å². The van der Waals surface area contributed by atoms with Gasteiger partial charge < -0.3 is 10.0 Å². The maximum Gasteiger partial charge on any atom is 0.308 e. The van der Waals surface area contributed by atoms with Crippen LogP contribution in [0.1, 0.15) is 6.42 Å². The molecule has 1 aromatic carbocycles. The summed E-state index contributed by atoms with van der Waals surface area (Å²) in [6.07, 6.45) is -0.220. The summed E-state index contributed by atoms with van der Waals surface area (Å²) in [5.74, 6) is -4.43. The van der Waals surface area contributed by atoms with Gasteiger partial charge in [0, 0.05) is 19.0 Å². The number of carbonyl (C=O) groups is 2. The predicted octanol–water partition coefficient (Wildman–Crippen LogP) is 2.06. The first-order chi connectivity index (χ1) is 8.40. The molecule has 0 radical (unpaired) electrons. The van der Waals surface area contributed by atoms with E-state index < -0.39 is 29.4 Å². The molecule has 96 valence electrons. The van der Waals surface area contributed by atoms with Crippen molar-refractivity contribution >= 4 is 29.2 Å². The molecule has 0 saturated carbocycles. The number of anilines is 1. The Bertz CT molecular complexity index is 512. The Morgan fingerprint density at radius 1 is 1.44 bits per heavy atom. The zero-order chi connectivity index (χ0) is 13.4. The number of hydrogen-bond donors (Lipinski definition) is 1. The highest BCUT2D eigenvalue weighted by atomic mass is 35.5. The van der Waals surface area contributed by atoms with E-state index in [2.05, 4.69) is 0 Å². The first-order valence-electron chi connectivity index (χ1n) is 5.08. The van der Waals surface area contributed by atoms with Crippen LogP contribution in [0.25, 0.3) is 0 Å². The second-order valence-electron chi connectivity index (χ2n) is 3.96. The highest BCUT2D eigenvalue weighted by molar-refractivity contribution is 6.34. The van der Waals surface area contributed by atoms with Gasteiger partial charge in [-0.25, -0.2) is 8.78 Å². The lowest BCUT2D eigenvalue weighted by Crippen LogP contribution is -2.27. The van der Waals surface area contributed by atoms with Crippen LogP contribution >= 0.6 is 11.6 Å². The van der Waals surface area contributed by atoms with E-state index in [4.69, 9.17) is 16.7 Å². The molecule has 1 heterocycles. The Morgan fingerprint density at radius 3 is 2.61 bits per heavy atom. The maximum absolute atomic E-state index is 13.6. The maximum atomic E-state index is 13.6. The van der Waals surface area contributed by atoms with Crippen molar-refractivity contribution in [2.75, 3.05) is 11.4 Å². The normalized spacial score (nSPS) is 19.4. The van der Waals surface area contributed by atoms with Crippen LogP contribution in [0.3, 0.4) is 0 Å². The van der Waals surface area contributed by atoms with Crippen molar-refractivity contribution in [1.82, 2.24) is 0 Å². The standard InChI is InChI=1S/C11H8ClF2NO3/c12-7-2-6(13)3-8(14)10(7)15-4-5(11(17)18)1-9(15)16/h2-3,5H,1,4H2,(H,17,18). The lowest BCUT2D eigenvalue weighted by atomic mass is 10.1. The summed E-state index contributed by atoms with van der Waals surface area (Å²) in [4.78, 5) is 23.3. The third kappa shape index (κ3) is 2.15. The van der Waals surface area contributed by atoms with Crippen molar-refractivity contribution in [3.63, 3.8) is 0 Å². The number of rotatable bonds is 2. The van der Waals surface area contributed by atoms with Crippen molar-refractivity contribution in [3.8, 4) is 0 Å². The number of benzene rings is 1. The van der Waals surface area contributed by atoms with Gasteiger partial charge in [0.15, 0.2) is 5.82 Å². The van der Waals surface area contributed by atoms with Gasteiger partial charge in [0.2, 0.25) is 5.91 Å². The van der Waals surface area contributed by atoms with Gasteiger partial charge >= 0.3 is 5.97 Å². The molecule has 1 aliphatic rings. The monoisotopic (exact) mass is 275 g/mol. The summed E-state index contributed by atoms with van der Waals surface area (Å²) in [6.45, 7) is -0.170. The molecule has 0 aliphatic carbocycles. The van der Waals surface area contributed by atoms with Gasteiger partial charge in [-0.1, -0.05) is 11.6 Å². The average molecular weight is 276 g/mol. The lowest BCUT2D eigenvalue weighted by Gasteiger charge is -2.18. The smallest absolute Gasteiger partial charge is 0.308 e. The summed E-state index contributed by atoms with van der Waals surface area (Å²) in [5.41, 5.74) is -0.271. The largest absolute Gasteiger partial charge is 0.481 e. The number of nitrogens with zero attached hydrogens (tertiary/aromatic N) is 1. The van der Waals surface area contributed by atoms with Crippen molar-refractivity contribution in [2.45, 2.75) is 6.42 Å². The van der Waals surface area contributed by atoms with Crippen LogP contribution in [0, 0.1) is 17.6 Å². The second kappa shape index (κ2) is 4.53. The number of halogens is 3. The second-order valence-corrected chi connectivity index (χ2v) is 4.37. The minimum Gasteiger partial charge on any atom is -0.481 e. The summed E-state index contributed by atoms with van der Waals surface area (Å²) >= 11 is 5.69. The SMILES string of the molecule is O=C(O)C1CC(=O)N(c2c(F)cc(F)cc2Cl)C1. The minimum atomic E-state index is -1.13. The predicted molar refractivity (Wildman–Crippen MR) is 59.5 cm³/mol. The van der Waals surface area contributed by atoms with Crippen molar-refractivity contribution in [2.24, 2.45) is 5.92 Å². The summed E-state index contributed by atoms with van der Waals surface area (Å²) in [5, 5.41) is 8.56. The van der Waals surface area contributed by atoms with E-state index in [-0.39, 0.29) is 23.7 Å². The molecule has 1 atom stereocenters. The minimum absolute atomic E-state index is 0.170. The molecule has 7 heteroatoms. The zero-order valence-corrected chi connectivity index (χ0v) is 9.75. The molecule has 0 bridgehead atoms. The fourth-order valence-electron chi connectivity index (χ4n) is 1.88. The Labute approximate surface area is 106 Å². The zero-order valence-electron chi connectivity index (χ0n) is 8.99. The van der Waals surface area contributed by atoms with Gasteiger partial charge in [-0.3, -0.25) is 9.59 Å². The number of carbonyl (C=O) groups excluding carboxylic acids is 1. The molecule has 1 aromatic rings. The van der Waals surface area contributed by atoms with E-state index in [0.717, 1.165) is 11.0 Å². The van der Waals surface area contributed by atoms with Gasteiger partial charge in [0.25, 0.3) is 0 Å². The Balaban J connectivity index is 2.39. The molecule has 0 aromatic heterocycles. The van der Waals surface area contributed by atoms with Crippen LogP contribution in [-0.4, -0.2) is 23.5 Å². The molecular formula is C11H8ClF2NO3. The number of aliphatic carboxylic acids is 1. The average Bonchev–Trinajstić information content (AvgIpc) is 2.59. The molecule has 1 amide bonds. The van der Waals surface area contributed by atoms with Crippen molar-refractivity contribution in [3.05, 3.63) is 28.8 Å². The van der Waals surface area contributed by atoms with Gasteiger partial charge in [-0.05, 0) is 6.07 Å². The number of amides is 1. The van der Waals surface area contributed by atoms with Crippen LogP contribution in [0.4, 0.5) is 14.5 Å². The first kappa shape index (κ1) is 12.8. The van der Waals surface area contributed by atoms with E-state index in [1.54, 1.807) is 0 Å². The Hall–Kier alpha value is -1.69. The molecule has 2 rings (SSSR count). The van der Waals surface area contributed by atoms with Crippen LogP contribution in [0.5, 0.6) is 0 Å². The summed E-state index contributed by atoms with van der Waals surface area (Å²) < 4.78 is 26.5. The number of hydrogen-bond acceptors (Lipinski definition) is 2. The number of carboxylic acids is 1. The molecule has 18 heavy (non-hydrogen) atoms. The topological polar surface area (TPSA) is 57.6 Å². The summed E-state index contributed by atoms with van der Waals surface area (Å²) in [7, 11) is 0. The van der Waals surface area contributed by atoms with Gasteiger partial charge in [0.1, 0.15) is 5.82 Å². The lowest BCUT2D eigenvalue weighted by molar-refractivity contribution is -0.141. The third-order valence-corrected chi connectivity index (χ3v) is 3.01. The molecule has 1 unspecified atom stereocenters. The van der Waals surface area contributed by atoms with Crippen LogP contribution in [0.15, 0.2) is 12.1 Å². The van der Waals surface area contributed by atoms with Crippen LogP contribution in [-0.2, 0) is 9.59 Å². The van der Waals surface area contributed by atoms with Gasteiger partial charge in [-0.2, -0.15) is 0 Å². The highest BCUT2D eigenvalue weighted by Gasteiger charge is 2.37. The third-order valence-electron chi connectivity index (χ3n) is 2.73. The van der Waals surface area contributed by atoms with E-state index in [1.807, 2.05) is 0 Å². The Morgan fingerprint density at radius 2 is 2.11 bits per heavy atom. The van der Waals surface area contributed by atoms with Crippen molar-refractivity contribution in [1.29, 1.82) is 0 Å². The van der Waals surface area contributed by atoms with E-state index in [9.17, 15) is 18.4 Å². The molecule has 1 saturated heterocycles. The molecule has 4 nitrogen and oxygen atoms in total. The number of carboxylic acid groups (broad SMARTS) is 1. The molecule has 1 fully saturated rings. The summed E-state index contributed by atoms with van der Waals surface area (Å²) in [6, 6.07) is 1.48. The highest BCUT2D eigenvalue weighted by Crippen LogP contribution is 2.34. The van der Waals surface area contributed by atoms with Gasteiger partial charge in [-0.15, -0.1) is 0 Å². The Kier molecular flexibility index (Phi) is 3.21. The quantitative estimate of drug-likeness (QED) is 0.899. The molecular weight excluding hydrogens is 268 g/mol. The van der Waals surface area contributed by atoms with E-state index in [1.165, 1.54) is 0 Å².